The molecule has 2 aromatic rings. The molecule has 0 amide bonds. The minimum Gasteiger partial charge on any atom is -0.357 e. The molecule has 0 saturated carbocycles. The fourth-order valence-corrected chi connectivity index (χ4v) is 4.61. The van der Waals surface area contributed by atoms with Gasteiger partial charge in [-0.25, -0.2) is 13.4 Å². The van der Waals surface area contributed by atoms with Gasteiger partial charge in [0, 0.05) is 24.3 Å². The van der Waals surface area contributed by atoms with E-state index in [9.17, 15) is 8.42 Å². The van der Waals surface area contributed by atoms with Crippen molar-refractivity contribution in [1.82, 2.24) is 20.4 Å². The molecule has 0 spiro atoms. The number of hydrogen-bond donors (Lipinski definition) is 2. The number of sulfone groups is 1. The summed E-state index contributed by atoms with van der Waals surface area (Å²) >= 11 is 0. The molecule has 1 aliphatic rings. The number of hydrogen-bond acceptors (Lipinski definition) is 4. The summed E-state index contributed by atoms with van der Waals surface area (Å²) in [5, 5.41) is 10.8. The van der Waals surface area contributed by atoms with Gasteiger partial charge < -0.3 is 10.6 Å². The predicted octanol–water partition coefficient (Wildman–Crippen LogP) is 1.17. The van der Waals surface area contributed by atoms with Crippen LogP contribution in [-0.2, 0) is 22.9 Å². The van der Waals surface area contributed by atoms with Crippen molar-refractivity contribution in [3.05, 3.63) is 53.9 Å². The van der Waals surface area contributed by atoms with Crippen molar-refractivity contribution in [2.45, 2.75) is 32.5 Å². The van der Waals surface area contributed by atoms with Gasteiger partial charge in [0.15, 0.2) is 15.8 Å². The highest BCUT2D eigenvalue weighted by atomic mass is 32.2. The summed E-state index contributed by atoms with van der Waals surface area (Å²) in [5.74, 6) is 1.06. The van der Waals surface area contributed by atoms with Gasteiger partial charge in [-0.2, -0.15) is 5.10 Å². The zero-order valence-electron chi connectivity index (χ0n) is 14.9. The van der Waals surface area contributed by atoms with Crippen LogP contribution >= 0.6 is 0 Å². The maximum Gasteiger partial charge on any atom is 0.191 e. The van der Waals surface area contributed by atoms with Crippen LogP contribution in [0.1, 0.15) is 24.5 Å². The number of nitrogens with zero attached hydrogens (tertiary/aromatic N) is 3. The van der Waals surface area contributed by atoms with Crippen LogP contribution in [0.25, 0.3) is 0 Å². The van der Waals surface area contributed by atoms with E-state index < -0.39 is 9.84 Å². The zero-order chi connectivity index (χ0) is 18.4. The van der Waals surface area contributed by atoms with Gasteiger partial charge in [0.2, 0.25) is 0 Å². The Kier molecular flexibility index (Phi) is 5.92. The normalized spacial score (nSPS) is 19.4. The molecule has 1 aliphatic heterocycles. The molecule has 2 N–H and O–H groups in total. The lowest BCUT2D eigenvalue weighted by atomic mass is 10.2. The van der Waals surface area contributed by atoms with Crippen LogP contribution in [0.3, 0.4) is 0 Å². The third kappa shape index (κ3) is 5.32. The topological polar surface area (TPSA) is 88.4 Å². The molecule has 0 radical (unpaired) electrons. The first kappa shape index (κ1) is 18.4. The monoisotopic (exact) mass is 375 g/mol. The molecule has 0 bridgehead atoms. The molecular formula is C18H25N5O2S. The predicted molar refractivity (Wildman–Crippen MR) is 103 cm³/mol. The molecule has 7 nitrogen and oxygen atoms in total. The molecule has 140 valence electrons. The van der Waals surface area contributed by atoms with Crippen LogP contribution < -0.4 is 10.6 Å². The molecule has 26 heavy (non-hydrogen) atoms. The molecule has 1 aromatic heterocycles. The highest BCUT2D eigenvalue weighted by molar-refractivity contribution is 7.91. The van der Waals surface area contributed by atoms with Gasteiger partial charge in [-0.3, -0.25) is 4.68 Å². The second kappa shape index (κ2) is 8.35. The summed E-state index contributed by atoms with van der Waals surface area (Å²) in [5.41, 5.74) is 2.21. The van der Waals surface area contributed by atoms with Crippen molar-refractivity contribution in [1.29, 1.82) is 0 Å². The molecular weight excluding hydrogens is 350 g/mol. The standard InChI is InChI=1S/C18H25N5O2S/c1-2-19-18(22-17-8-9-26(24,25)14-17)20-10-16-11-21-23(13-16)12-15-6-4-3-5-7-15/h3-7,11,13,17H,2,8-10,12,14H2,1H3,(H2,19,20,22). The van der Waals surface area contributed by atoms with Crippen LogP contribution in [-0.4, -0.2) is 48.3 Å². The Morgan fingerprint density at radius 3 is 2.81 bits per heavy atom. The Hall–Kier alpha value is -2.35. The van der Waals surface area contributed by atoms with E-state index in [4.69, 9.17) is 0 Å². The molecule has 1 saturated heterocycles. The van der Waals surface area contributed by atoms with Gasteiger partial charge >= 0.3 is 0 Å². The molecule has 1 atom stereocenters. The minimum absolute atomic E-state index is 0.0707. The van der Waals surface area contributed by atoms with Crippen LogP contribution in [0.5, 0.6) is 0 Å². The zero-order valence-corrected chi connectivity index (χ0v) is 15.7. The third-order valence-corrected chi connectivity index (χ3v) is 5.98. The summed E-state index contributed by atoms with van der Waals surface area (Å²) in [6.45, 7) is 3.92. The number of aliphatic imine (C=N–C) groups is 1. The maximum atomic E-state index is 11.6. The van der Waals surface area contributed by atoms with E-state index in [1.165, 1.54) is 5.56 Å². The number of benzene rings is 1. The van der Waals surface area contributed by atoms with E-state index in [2.05, 4.69) is 32.9 Å². The average molecular weight is 375 g/mol. The van der Waals surface area contributed by atoms with Crippen molar-refractivity contribution in [2.24, 2.45) is 4.99 Å². The molecule has 1 fully saturated rings. The number of rotatable bonds is 6. The quantitative estimate of drug-likeness (QED) is 0.585. The van der Waals surface area contributed by atoms with Gasteiger partial charge in [0.1, 0.15) is 0 Å². The van der Waals surface area contributed by atoms with Crippen LogP contribution in [0.4, 0.5) is 0 Å². The minimum atomic E-state index is -2.91. The van der Waals surface area contributed by atoms with Gasteiger partial charge in [0.25, 0.3) is 0 Å². The van der Waals surface area contributed by atoms with E-state index in [1.54, 1.807) is 0 Å². The van der Waals surface area contributed by atoms with Crippen LogP contribution in [0.2, 0.25) is 0 Å². The van der Waals surface area contributed by atoms with Crippen LogP contribution in [0.15, 0.2) is 47.7 Å². The van der Waals surface area contributed by atoms with Crippen molar-refractivity contribution in [3.8, 4) is 0 Å². The number of nitrogens with one attached hydrogen (secondary N) is 2. The van der Waals surface area contributed by atoms with E-state index in [0.29, 0.717) is 18.9 Å². The van der Waals surface area contributed by atoms with Gasteiger partial charge in [-0.1, -0.05) is 30.3 Å². The highest BCUT2D eigenvalue weighted by Gasteiger charge is 2.28. The second-order valence-electron chi connectivity index (χ2n) is 6.47. The van der Waals surface area contributed by atoms with Crippen molar-refractivity contribution >= 4 is 15.8 Å². The average Bonchev–Trinajstić information content (AvgIpc) is 3.20. The fourth-order valence-electron chi connectivity index (χ4n) is 2.94. The smallest absolute Gasteiger partial charge is 0.191 e. The summed E-state index contributed by atoms with van der Waals surface area (Å²) < 4.78 is 25.1. The number of guanidine groups is 1. The number of aromatic nitrogens is 2. The Morgan fingerprint density at radius 2 is 2.12 bits per heavy atom. The molecule has 1 aromatic carbocycles. The van der Waals surface area contributed by atoms with Crippen molar-refractivity contribution in [2.75, 3.05) is 18.1 Å². The van der Waals surface area contributed by atoms with E-state index >= 15 is 0 Å². The lowest BCUT2D eigenvalue weighted by Crippen LogP contribution is -2.44. The molecule has 8 heteroatoms. The Morgan fingerprint density at radius 1 is 1.31 bits per heavy atom. The summed E-state index contributed by atoms with van der Waals surface area (Å²) in [7, 11) is -2.91. The maximum absolute atomic E-state index is 11.6. The first-order valence-corrected chi connectivity index (χ1v) is 10.7. The summed E-state index contributed by atoms with van der Waals surface area (Å²) in [6, 6.07) is 10.1. The van der Waals surface area contributed by atoms with E-state index in [-0.39, 0.29) is 17.5 Å². The fraction of sp³-hybridized carbons (Fsp3) is 0.444. The summed E-state index contributed by atoms with van der Waals surface area (Å²) in [4.78, 5) is 4.56. The SMILES string of the molecule is CCNC(=NCc1cnn(Cc2ccccc2)c1)NC1CCS(=O)(=O)C1. The summed E-state index contributed by atoms with van der Waals surface area (Å²) in [6.07, 6.45) is 4.43. The Bertz CT molecular complexity index is 845. The second-order valence-corrected chi connectivity index (χ2v) is 8.70. The highest BCUT2D eigenvalue weighted by Crippen LogP contribution is 2.11. The molecule has 2 heterocycles. The lowest BCUT2D eigenvalue weighted by molar-refractivity contribution is 0.599. The Balaban J connectivity index is 1.59. The molecule has 0 aliphatic carbocycles. The largest absolute Gasteiger partial charge is 0.357 e. The first-order valence-electron chi connectivity index (χ1n) is 8.84. The Labute approximate surface area is 154 Å². The van der Waals surface area contributed by atoms with E-state index in [1.807, 2.05) is 42.2 Å². The third-order valence-electron chi connectivity index (χ3n) is 4.21. The molecule has 3 rings (SSSR count). The van der Waals surface area contributed by atoms with Gasteiger partial charge in [-0.15, -0.1) is 0 Å². The van der Waals surface area contributed by atoms with Crippen molar-refractivity contribution in [3.63, 3.8) is 0 Å². The van der Waals surface area contributed by atoms with Crippen LogP contribution in [0, 0.1) is 0 Å². The first-order chi connectivity index (χ1) is 12.5. The van der Waals surface area contributed by atoms with Crippen molar-refractivity contribution < 1.29 is 8.42 Å². The lowest BCUT2D eigenvalue weighted by Gasteiger charge is -2.15. The van der Waals surface area contributed by atoms with Gasteiger partial charge in [0.05, 0.1) is 30.8 Å². The van der Waals surface area contributed by atoms with E-state index in [0.717, 1.165) is 18.7 Å². The molecule has 1 unspecified atom stereocenters. The van der Waals surface area contributed by atoms with Gasteiger partial charge in [-0.05, 0) is 18.9 Å².